The molecule has 1 aliphatic carbocycles. The summed E-state index contributed by atoms with van der Waals surface area (Å²) in [5.41, 5.74) is 0. The van der Waals surface area contributed by atoms with E-state index in [9.17, 15) is 22.8 Å². The van der Waals surface area contributed by atoms with Gasteiger partial charge in [0.05, 0.1) is 6.42 Å². The molecule has 116 valence electrons. The molecule has 0 aromatic heterocycles. The van der Waals surface area contributed by atoms with Crippen molar-refractivity contribution < 1.29 is 27.9 Å². The lowest BCUT2D eigenvalue weighted by atomic mass is 10.0. The number of carboxylic acid groups (broad SMARTS) is 1. The fourth-order valence-electron chi connectivity index (χ4n) is 2.55. The van der Waals surface area contributed by atoms with Gasteiger partial charge in [-0.05, 0) is 18.8 Å². The number of carbonyl (C=O) groups excluding carboxylic acids is 1. The quantitative estimate of drug-likeness (QED) is 0.759. The molecule has 20 heavy (non-hydrogen) atoms. The molecule has 1 aliphatic rings. The number of hydrogen-bond acceptors (Lipinski definition) is 2. The lowest BCUT2D eigenvalue weighted by molar-refractivity contribution is -0.160. The van der Waals surface area contributed by atoms with Gasteiger partial charge in [-0.2, -0.15) is 13.2 Å². The van der Waals surface area contributed by atoms with Crippen LogP contribution in [0.5, 0.6) is 0 Å². The Morgan fingerprint density at radius 2 is 1.85 bits per heavy atom. The van der Waals surface area contributed by atoms with E-state index in [2.05, 4.69) is 0 Å². The smallest absolute Gasteiger partial charge is 0.391 e. The monoisotopic (exact) mass is 295 g/mol. The van der Waals surface area contributed by atoms with Crippen molar-refractivity contribution in [3.8, 4) is 0 Å². The summed E-state index contributed by atoms with van der Waals surface area (Å²) in [5.74, 6) is -1.68. The topological polar surface area (TPSA) is 66.4 Å². The van der Waals surface area contributed by atoms with Crippen LogP contribution >= 0.6 is 0 Å². The largest absolute Gasteiger partial charge is 0.480 e. The molecule has 4 nitrogen and oxygen atoms in total. The summed E-state index contributed by atoms with van der Waals surface area (Å²) in [5, 5.41) is 10.6. The van der Waals surface area contributed by atoms with Crippen LogP contribution in [-0.2, 0) is 9.59 Å². The van der Waals surface area contributed by atoms with Crippen LogP contribution in [0.3, 0.4) is 0 Å². The lowest BCUT2D eigenvalue weighted by Gasteiger charge is -2.16. The molecule has 0 heterocycles. The normalized spacial score (nSPS) is 17.9. The van der Waals surface area contributed by atoms with Crippen molar-refractivity contribution in [1.82, 2.24) is 5.32 Å². The Hall–Kier alpha value is -1.27. The molecule has 0 aromatic rings. The average Bonchev–Trinajstić information content (AvgIpc) is 2.79. The highest BCUT2D eigenvalue weighted by atomic mass is 19.4. The highest BCUT2D eigenvalue weighted by Crippen LogP contribution is 2.29. The minimum atomic E-state index is -4.61. The van der Waals surface area contributed by atoms with Crippen LogP contribution in [-0.4, -0.2) is 29.2 Å². The van der Waals surface area contributed by atoms with E-state index in [0.717, 1.165) is 19.3 Å². The first kappa shape index (κ1) is 16.8. The summed E-state index contributed by atoms with van der Waals surface area (Å²) in [7, 11) is 0. The van der Waals surface area contributed by atoms with E-state index in [1.165, 1.54) is 12.8 Å². The van der Waals surface area contributed by atoms with Crippen molar-refractivity contribution >= 4 is 11.9 Å². The van der Waals surface area contributed by atoms with E-state index >= 15 is 0 Å². The van der Waals surface area contributed by atoms with Crippen LogP contribution in [0, 0.1) is 5.92 Å². The molecular weight excluding hydrogens is 275 g/mol. The van der Waals surface area contributed by atoms with Crippen LogP contribution in [0.25, 0.3) is 0 Å². The van der Waals surface area contributed by atoms with Gasteiger partial charge >= 0.3 is 12.1 Å². The summed E-state index contributed by atoms with van der Waals surface area (Å²) in [4.78, 5) is 22.2. The van der Waals surface area contributed by atoms with Crippen molar-refractivity contribution in [3.05, 3.63) is 0 Å². The molecule has 2 N–H and O–H groups in total. The van der Waals surface area contributed by atoms with Gasteiger partial charge in [0.2, 0.25) is 5.91 Å². The maximum atomic E-state index is 12.2. The van der Waals surface area contributed by atoms with E-state index in [1.807, 2.05) is 5.32 Å². The maximum Gasteiger partial charge on any atom is 0.391 e. The van der Waals surface area contributed by atoms with Crippen molar-refractivity contribution in [1.29, 1.82) is 0 Å². The van der Waals surface area contributed by atoms with Crippen LogP contribution in [0.15, 0.2) is 0 Å². The van der Waals surface area contributed by atoms with Gasteiger partial charge in [-0.1, -0.05) is 25.7 Å². The fraction of sp³-hybridized carbons (Fsp3) is 0.846. The van der Waals surface area contributed by atoms with Crippen LogP contribution in [0.2, 0.25) is 0 Å². The van der Waals surface area contributed by atoms with Gasteiger partial charge < -0.3 is 10.4 Å². The number of halogens is 3. The van der Waals surface area contributed by atoms with Crippen LogP contribution in [0.1, 0.15) is 51.4 Å². The second kappa shape index (κ2) is 7.50. The summed E-state index contributed by atoms with van der Waals surface area (Å²) < 4.78 is 36.5. The molecule has 7 heteroatoms. The van der Waals surface area contributed by atoms with Gasteiger partial charge in [0.1, 0.15) is 6.04 Å². The zero-order valence-corrected chi connectivity index (χ0v) is 11.2. The predicted octanol–water partition coefficient (Wildman–Crippen LogP) is 2.87. The summed E-state index contributed by atoms with van der Waals surface area (Å²) in [6, 6.07) is -1.89. The molecule has 1 fully saturated rings. The number of carbonyl (C=O) groups is 2. The summed E-state index contributed by atoms with van der Waals surface area (Å²) in [6.07, 6.45) is 0.0856. The third-order valence-corrected chi connectivity index (χ3v) is 3.56. The molecule has 0 aliphatic heterocycles. The molecule has 1 atom stereocenters. The molecule has 1 rings (SSSR count). The Bertz CT molecular complexity index is 338. The molecule has 0 spiro atoms. The lowest BCUT2D eigenvalue weighted by Crippen LogP contribution is -2.43. The van der Waals surface area contributed by atoms with Gasteiger partial charge in [-0.3, -0.25) is 4.79 Å². The van der Waals surface area contributed by atoms with Crippen LogP contribution < -0.4 is 5.32 Å². The summed E-state index contributed by atoms with van der Waals surface area (Å²) >= 11 is 0. The molecular formula is C13H20F3NO3. The first-order chi connectivity index (χ1) is 9.28. The van der Waals surface area contributed by atoms with E-state index in [0.29, 0.717) is 12.3 Å². The third-order valence-electron chi connectivity index (χ3n) is 3.56. The first-order valence-electron chi connectivity index (χ1n) is 6.87. The van der Waals surface area contributed by atoms with Gasteiger partial charge in [-0.15, -0.1) is 0 Å². The Kier molecular flexibility index (Phi) is 6.29. The molecule has 1 saturated carbocycles. The number of aliphatic carboxylic acids is 1. The Labute approximate surface area is 115 Å². The zero-order chi connectivity index (χ0) is 15.2. The van der Waals surface area contributed by atoms with E-state index < -0.39 is 30.5 Å². The number of hydrogen-bond donors (Lipinski definition) is 2. The summed E-state index contributed by atoms with van der Waals surface area (Å²) in [6.45, 7) is 0. The van der Waals surface area contributed by atoms with Gasteiger partial charge in [0.25, 0.3) is 0 Å². The van der Waals surface area contributed by atoms with Gasteiger partial charge in [0, 0.05) is 6.42 Å². The van der Waals surface area contributed by atoms with Gasteiger partial charge in [-0.25, -0.2) is 4.79 Å². The molecule has 0 bridgehead atoms. The minimum Gasteiger partial charge on any atom is -0.480 e. The molecule has 1 amide bonds. The second-order valence-corrected chi connectivity index (χ2v) is 5.32. The van der Waals surface area contributed by atoms with E-state index in [-0.39, 0.29) is 6.42 Å². The van der Waals surface area contributed by atoms with Crippen molar-refractivity contribution in [2.75, 3.05) is 0 Å². The highest BCUT2D eigenvalue weighted by Gasteiger charge is 2.36. The minimum absolute atomic E-state index is 0.0815. The average molecular weight is 295 g/mol. The van der Waals surface area contributed by atoms with Crippen LogP contribution in [0.4, 0.5) is 13.2 Å². The predicted molar refractivity (Wildman–Crippen MR) is 66.0 cm³/mol. The van der Waals surface area contributed by atoms with Crippen molar-refractivity contribution in [2.45, 2.75) is 63.6 Å². The second-order valence-electron chi connectivity index (χ2n) is 5.32. The van der Waals surface area contributed by atoms with Crippen molar-refractivity contribution in [3.63, 3.8) is 0 Å². The Morgan fingerprint density at radius 1 is 1.25 bits per heavy atom. The Morgan fingerprint density at radius 3 is 2.35 bits per heavy atom. The number of carboxylic acids is 1. The fourth-order valence-corrected chi connectivity index (χ4v) is 2.55. The number of rotatable bonds is 7. The third kappa shape index (κ3) is 6.77. The Balaban J connectivity index is 2.28. The van der Waals surface area contributed by atoms with Crippen molar-refractivity contribution in [2.24, 2.45) is 5.92 Å². The number of alkyl halides is 3. The van der Waals surface area contributed by atoms with Gasteiger partial charge in [0.15, 0.2) is 0 Å². The zero-order valence-electron chi connectivity index (χ0n) is 11.2. The molecule has 1 unspecified atom stereocenters. The molecule has 0 saturated heterocycles. The first-order valence-corrected chi connectivity index (χ1v) is 6.87. The number of nitrogens with one attached hydrogen (secondary N) is 1. The molecule has 0 aromatic carbocycles. The molecule has 0 radical (unpaired) electrons. The maximum absolute atomic E-state index is 12.2. The standard InChI is InChI=1S/C13H20F3NO3/c14-13(15,16)8-10(12(19)20)17-11(18)7-3-6-9-4-1-2-5-9/h9-10H,1-8H2,(H,17,18)(H,19,20). The highest BCUT2D eigenvalue weighted by molar-refractivity contribution is 5.83. The van der Waals surface area contributed by atoms with E-state index in [4.69, 9.17) is 5.11 Å². The number of amides is 1. The SMILES string of the molecule is O=C(CCCC1CCCC1)NC(CC(F)(F)F)C(=O)O. The van der Waals surface area contributed by atoms with E-state index in [1.54, 1.807) is 0 Å².